The molecule has 0 saturated carbocycles. The van der Waals surface area contributed by atoms with Crippen LogP contribution in [0.2, 0.25) is 5.02 Å². The summed E-state index contributed by atoms with van der Waals surface area (Å²) >= 11 is 5.97. The van der Waals surface area contributed by atoms with Crippen molar-refractivity contribution >= 4 is 17.4 Å². The van der Waals surface area contributed by atoms with E-state index < -0.39 is 0 Å². The molecule has 0 bridgehead atoms. The summed E-state index contributed by atoms with van der Waals surface area (Å²) in [6, 6.07) is 7.34. The van der Waals surface area contributed by atoms with Gasteiger partial charge in [-0.25, -0.2) is 0 Å². The molecule has 20 heavy (non-hydrogen) atoms. The fourth-order valence-corrected chi connectivity index (χ4v) is 2.92. The van der Waals surface area contributed by atoms with Gasteiger partial charge in [0.15, 0.2) is 5.78 Å². The SMILES string of the molecule is CCC1COC(C)CN1C(C)C(=O)c1cccc(Cl)c1. The third-order valence-electron chi connectivity index (χ3n) is 3.97. The Kier molecular flexibility index (Phi) is 5.19. The Morgan fingerprint density at radius 2 is 2.30 bits per heavy atom. The second-order valence-corrected chi connectivity index (χ2v) is 5.89. The molecule has 3 atom stereocenters. The van der Waals surface area contributed by atoms with Gasteiger partial charge in [-0.05, 0) is 32.4 Å². The van der Waals surface area contributed by atoms with Crippen LogP contribution in [-0.4, -0.2) is 42.0 Å². The molecule has 1 aliphatic heterocycles. The van der Waals surface area contributed by atoms with Crippen LogP contribution in [0, 0.1) is 0 Å². The van der Waals surface area contributed by atoms with Gasteiger partial charge in [0.2, 0.25) is 0 Å². The lowest BCUT2D eigenvalue weighted by molar-refractivity contribution is -0.0648. The summed E-state index contributed by atoms with van der Waals surface area (Å²) in [5.74, 6) is 0.125. The van der Waals surface area contributed by atoms with Crippen molar-refractivity contribution in [1.82, 2.24) is 4.90 Å². The minimum absolute atomic E-state index is 0.125. The van der Waals surface area contributed by atoms with Crippen LogP contribution in [0.4, 0.5) is 0 Å². The van der Waals surface area contributed by atoms with Crippen molar-refractivity contribution in [3.8, 4) is 0 Å². The lowest BCUT2D eigenvalue weighted by Gasteiger charge is -2.41. The number of nitrogens with zero attached hydrogens (tertiary/aromatic N) is 1. The van der Waals surface area contributed by atoms with E-state index in [4.69, 9.17) is 16.3 Å². The van der Waals surface area contributed by atoms with E-state index in [9.17, 15) is 4.79 Å². The molecule has 1 aliphatic rings. The van der Waals surface area contributed by atoms with E-state index in [0.29, 0.717) is 23.2 Å². The van der Waals surface area contributed by atoms with Gasteiger partial charge in [-0.2, -0.15) is 0 Å². The normalized spacial score (nSPS) is 25.4. The average Bonchev–Trinajstić information content (AvgIpc) is 2.45. The number of hydrogen-bond acceptors (Lipinski definition) is 3. The van der Waals surface area contributed by atoms with Crippen molar-refractivity contribution in [1.29, 1.82) is 0 Å². The molecule has 3 nitrogen and oxygen atoms in total. The summed E-state index contributed by atoms with van der Waals surface area (Å²) < 4.78 is 5.69. The molecule has 3 unspecified atom stereocenters. The van der Waals surface area contributed by atoms with E-state index in [1.165, 1.54) is 0 Å². The molecule has 0 N–H and O–H groups in total. The van der Waals surface area contributed by atoms with E-state index in [2.05, 4.69) is 18.7 Å². The molecule has 0 spiro atoms. The highest BCUT2D eigenvalue weighted by molar-refractivity contribution is 6.31. The predicted molar refractivity (Wildman–Crippen MR) is 81.4 cm³/mol. The van der Waals surface area contributed by atoms with Crippen LogP contribution in [0.25, 0.3) is 0 Å². The molecule has 0 amide bonds. The van der Waals surface area contributed by atoms with Crippen LogP contribution >= 0.6 is 11.6 Å². The molecule has 4 heteroatoms. The first-order valence-corrected chi connectivity index (χ1v) is 7.57. The zero-order valence-corrected chi connectivity index (χ0v) is 13.1. The number of hydrogen-bond donors (Lipinski definition) is 0. The minimum atomic E-state index is -0.148. The molecule has 1 aromatic carbocycles. The quantitative estimate of drug-likeness (QED) is 0.797. The summed E-state index contributed by atoms with van der Waals surface area (Å²) in [5, 5.41) is 0.602. The molecule has 1 saturated heterocycles. The predicted octanol–water partition coefficient (Wildman–Crippen LogP) is 3.41. The molecular weight excluding hydrogens is 274 g/mol. The fourth-order valence-electron chi connectivity index (χ4n) is 2.73. The number of halogens is 1. The van der Waals surface area contributed by atoms with Crippen LogP contribution in [0.5, 0.6) is 0 Å². The zero-order chi connectivity index (χ0) is 14.7. The largest absolute Gasteiger partial charge is 0.376 e. The molecule has 1 aromatic rings. The van der Waals surface area contributed by atoms with Gasteiger partial charge in [-0.3, -0.25) is 9.69 Å². The maximum atomic E-state index is 12.6. The van der Waals surface area contributed by atoms with E-state index in [0.717, 1.165) is 13.0 Å². The molecule has 0 aliphatic carbocycles. The molecule has 1 fully saturated rings. The van der Waals surface area contributed by atoms with E-state index in [1.807, 2.05) is 19.1 Å². The second-order valence-electron chi connectivity index (χ2n) is 5.45. The minimum Gasteiger partial charge on any atom is -0.376 e. The molecule has 0 aromatic heterocycles. The first kappa shape index (κ1) is 15.5. The van der Waals surface area contributed by atoms with Crippen molar-refractivity contribution in [2.24, 2.45) is 0 Å². The number of ketones is 1. The standard InChI is InChI=1S/C16H22ClNO2/c1-4-15-10-20-11(2)9-18(15)12(3)16(19)13-6-5-7-14(17)8-13/h5-8,11-12,15H,4,9-10H2,1-3H3. The number of Topliss-reactive ketones (excluding diaryl/α,β-unsaturated/α-hetero) is 1. The lowest BCUT2D eigenvalue weighted by atomic mass is 10.0. The topological polar surface area (TPSA) is 29.5 Å². The van der Waals surface area contributed by atoms with Crippen molar-refractivity contribution in [3.05, 3.63) is 34.9 Å². The van der Waals surface area contributed by atoms with Crippen molar-refractivity contribution < 1.29 is 9.53 Å². The number of benzene rings is 1. The number of rotatable bonds is 4. The smallest absolute Gasteiger partial charge is 0.179 e. The lowest BCUT2D eigenvalue weighted by Crippen LogP contribution is -2.54. The Morgan fingerprint density at radius 3 is 2.95 bits per heavy atom. The van der Waals surface area contributed by atoms with Crippen LogP contribution in [0.15, 0.2) is 24.3 Å². The van der Waals surface area contributed by atoms with Crippen LogP contribution in [0.3, 0.4) is 0 Å². The Hall–Kier alpha value is -0.900. The highest BCUT2D eigenvalue weighted by Gasteiger charge is 2.32. The Morgan fingerprint density at radius 1 is 1.55 bits per heavy atom. The van der Waals surface area contributed by atoms with Gasteiger partial charge >= 0.3 is 0 Å². The van der Waals surface area contributed by atoms with Gasteiger partial charge < -0.3 is 4.74 Å². The first-order chi connectivity index (χ1) is 9.52. The third-order valence-corrected chi connectivity index (χ3v) is 4.20. The van der Waals surface area contributed by atoms with Crippen LogP contribution < -0.4 is 0 Å². The van der Waals surface area contributed by atoms with E-state index in [1.54, 1.807) is 12.1 Å². The average molecular weight is 296 g/mol. The maximum absolute atomic E-state index is 12.6. The van der Waals surface area contributed by atoms with Crippen LogP contribution in [0.1, 0.15) is 37.6 Å². The summed E-state index contributed by atoms with van der Waals surface area (Å²) in [4.78, 5) is 14.9. The first-order valence-electron chi connectivity index (χ1n) is 7.20. The number of ether oxygens (including phenoxy) is 1. The molecule has 2 rings (SSSR count). The van der Waals surface area contributed by atoms with E-state index in [-0.39, 0.29) is 17.9 Å². The number of morpholine rings is 1. The van der Waals surface area contributed by atoms with Gasteiger partial charge in [0.1, 0.15) is 0 Å². The maximum Gasteiger partial charge on any atom is 0.179 e. The highest BCUT2D eigenvalue weighted by atomic mass is 35.5. The Labute approximate surface area is 125 Å². The van der Waals surface area contributed by atoms with Crippen molar-refractivity contribution in [3.63, 3.8) is 0 Å². The third kappa shape index (κ3) is 3.40. The summed E-state index contributed by atoms with van der Waals surface area (Å²) in [7, 11) is 0. The molecule has 110 valence electrons. The highest BCUT2D eigenvalue weighted by Crippen LogP contribution is 2.21. The van der Waals surface area contributed by atoms with Gasteiger partial charge in [0.05, 0.1) is 18.8 Å². The van der Waals surface area contributed by atoms with Crippen LogP contribution in [-0.2, 0) is 4.74 Å². The monoisotopic (exact) mass is 295 g/mol. The number of carbonyl (C=O) groups excluding carboxylic acids is 1. The summed E-state index contributed by atoms with van der Waals surface area (Å²) in [5.41, 5.74) is 0.680. The zero-order valence-electron chi connectivity index (χ0n) is 12.3. The van der Waals surface area contributed by atoms with Crippen molar-refractivity contribution in [2.75, 3.05) is 13.2 Å². The molecule has 0 radical (unpaired) electrons. The summed E-state index contributed by atoms with van der Waals surface area (Å²) in [6.07, 6.45) is 1.16. The Bertz CT molecular complexity index is 477. The van der Waals surface area contributed by atoms with Gasteiger partial charge in [-0.1, -0.05) is 30.7 Å². The fraction of sp³-hybridized carbons (Fsp3) is 0.562. The second kappa shape index (κ2) is 6.70. The van der Waals surface area contributed by atoms with Gasteiger partial charge in [0, 0.05) is 23.2 Å². The van der Waals surface area contributed by atoms with Gasteiger partial charge in [-0.15, -0.1) is 0 Å². The Balaban J connectivity index is 2.16. The van der Waals surface area contributed by atoms with Gasteiger partial charge in [0.25, 0.3) is 0 Å². The van der Waals surface area contributed by atoms with E-state index >= 15 is 0 Å². The molecular formula is C16H22ClNO2. The van der Waals surface area contributed by atoms with Crippen molar-refractivity contribution in [2.45, 2.75) is 45.4 Å². The number of carbonyl (C=O) groups is 1. The molecule has 1 heterocycles. The summed E-state index contributed by atoms with van der Waals surface area (Å²) in [6.45, 7) is 7.66.